The quantitative estimate of drug-likeness (QED) is 0.804. The maximum Gasteiger partial charge on any atom is 0.336 e. The van der Waals surface area contributed by atoms with Crippen molar-refractivity contribution in [3.8, 4) is 0 Å². The minimum atomic E-state index is -0.909. The summed E-state index contributed by atoms with van der Waals surface area (Å²) in [6.45, 7) is 4.89. The van der Waals surface area contributed by atoms with Gasteiger partial charge in [0, 0.05) is 23.3 Å². The number of nitrogens with zero attached hydrogens (tertiary/aromatic N) is 1. The highest BCUT2D eigenvalue weighted by Crippen LogP contribution is 2.32. The minimum Gasteiger partial charge on any atom is -0.478 e. The van der Waals surface area contributed by atoms with Gasteiger partial charge in [-0.3, -0.25) is 0 Å². The average Bonchev–Trinajstić information content (AvgIpc) is 2.72. The number of hydrogen-bond acceptors (Lipinski definition) is 2. The fraction of sp³-hybridized carbons (Fsp3) is 0.588. The first-order valence-corrected chi connectivity index (χ1v) is 8.22. The molecular weight excluding hydrogens is 286 g/mol. The highest BCUT2D eigenvalue weighted by molar-refractivity contribution is 6.31. The van der Waals surface area contributed by atoms with E-state index in [0.717, 1.165) is 17.8 Å². The van der Waals surface area contributed by atoms with Gasteiger partial charge < -0.3 is 10.0 Å². The smallest absolute Gasteiger partial charge is 0.336 e. The Morgan fingerprint density at radius 3 is 2.43 bits per heavy atom. The first kappa shape index (κ1) is 16.2. The third-order valence-corrected chi connectivity index (χ3v) is 4.71. The molecule has 0 bridgehead atoms. The molecule has 1 aliphatic rings. The van der Waals surface area contributed by atoms with Gasteiger partial charge in [-0.15, -0.1) is 0 Å². The number of aromatic carboxylic acids is 1. The Morgan fingerprint density at radius 1 is 1.29 bits per heavy atom. The second-order valence-electron chi connectivity index (χ2n) is 5.83. The fourth-order valence-corrected chi connectivity index (χ4v) is 3.59. The van der Waals surface area contributed by atoms with E-state index >= 15 is 0 Å². The molecule has 1 saturated carbocycles. The van der Waals surface area contributed by atoms with Crippen molar-refractivity contribution in [2.75, 3.05) is 11.4 Å². The Hall–Kier alpha value is -1.22. The Labute approximate surface area is 131 Å². The van der Waals surface area contributed by atoms with Gasteiger partial charge in [-0.25, -0.2) is 4.79 Å². The minimum absolute atomic E-state index is 0.310. The first-order valence-electron chi connectivity index (χ1n) is 7.84. The zero-order chi connectivity index (χ0) is 15.4. The van der Waals surface area contributed by atoms with E-state index in [2.05, 4.69) is 11.8 Å². The van der Waals surface area contributed by atoms with Gasteiger partial charge >= 0.3 is 5.97 Å². The van der Waals surface area contributed by atoms with Crippen LogP contribution in [0.4, 0.5) is 5.69 Å². The zero-order valence-electron chi connectivity index (χ0n) is 12.9. The van der Waals surface area contributed by atoms with Crippen LogP contribution in [0.3, 0.4) is 0 Å². The van der Waals surface area contributed by atoms with Crippen molar-refractivity contribution in [2.45, 2.75) is 58.4 Å². The number of carboxylic acids is 1. The van der Waals surface area contributed by atoms with Crippen LogP contribution in [0.15, 0.2) is 12.1 Å². The summed E-state index contributed by atoms with van der Waals surface area (Å²) in [5, 5.41) is 9.85. The van der Waals surface area contributed by atoms with E-state index in [1.165, 1.54) is 38.5 Å². The summed E-state index contributed by atoms with van der Waals surface area (Å²) >= 11 is 6.15. The van der Waals surface area contributed by atoms with Gasteiger partial charge in [0.2, 0.25) is 0 Å². The highest BCUT2D eigenvalue weighted by Gasteiger charge is 2.23. The Bertz CT molecular complexity index is 508. The van der Waals surface area contributed by atoms with Crippen LogP contribution >= 0.6 is 11.6 Å². The maximum atomic E-state index is 11.4. The Balaban J connectivity index is 2.39. The molecule has 0 amide bonds. The lowest BCUT2D eigenvalue weighted by Gasteiger charge is -2.34. The van der Waals surface area contributed by atoms with E-state index in [9.17, 15) is 9.90 Å². The van der Waals surface area contributed by atoms with Crippen LogP contribution in [0, 0.1) is 6.92 Å². The van der Waals surface area contributed by atoms with Crippen LogP contribution < -0.4 is 4.90 Å². The zero-order valence-corrected chi connectivity index (χ0v) is 13.6. The lowest BCUT2D eigenvalue weighted by Crippen LogP contribution is -2.35. The molecule has 0 atom stereocenters. The molecule has 0 unspecified atom stereocenters. The average molecular weight is 310 g/mol. The molecule has 0 heterocycles. The summed E-state index contributed by atoms with van der Waals surface area (Å²) in [5.74, 6) is -0.909. The summed E-state index contributed by atoms with van der Waals surface area (Å²) in [6.07, 6.45) is 7.50. The summed E-state index contributed by atoms with van der Waals surface area (Å²) in [7, 11) is 0. The molecule has 1 aromatic carbocycles. The second-order valence-corrected chi connectivity index (χ2v) is 6.27. The van der Waals surface area contributed by atoms with E-state index in [-0.39, 0.29) is 0 Å². The molecule has 0 radical (unpaired) electrons. The number of carboxylic acid groups (broad SMARTS) is 1. The largest absolute Gasteiger partial charge is 0.478 e. The molecule has 2 rings (SSSR count). The molecule has 3 nitrogen and oxygen atoms in total. The van der Waals surface area contributed by atoms with Gasteiger partial charge in [-0.1, -0.05) is 37.3 Å². The van der Waals surface area contributed by atoms with Crippen molar-refractivity contribution in [3.63, 3.8) is 0 Å². The molecule has 0 saturated heterocycles. The first-order chi connectivity index (χ1) is 10.0. The molecule has 1 aliphatic carbocycles. The monoisotopic (exact) mass is 309 g/mol. The van der Waals surface area contributed by atoms with E-state index in [4.69, 9.17) is 11.6 Å². The van der Waals surface area contributed by atoms with Crippen molar-refractivity contribution in [3.05, 3.63) is 28.3 Å². The van der Waals surface area contributed by atoms with E-state index in [1.807, 2.05) is 13.0 Å². The molecule has 1 fully saturated rings. The molecule has 21 heavy (non-hydrogen) atoms. The SMILES string of the molecule is CCN(c1cc(Cl)cc(C(=O)O)c1C)C1CCCCCC1. The number of carbonyl (C=O) groups is 1. The number of hydrogen-bond donors (Lipinski definition) is 1. The topological polar surface area (TPSA) is 40.5 Å². The third kappa shape index (κ3) is 3.70. The predicted octanol–water partition coefficient (Wildman–Crippen LogP) is 4.90. The van der Waals surface area contributed by atoms with Gasteiger partial charge in [0.25, 0.3) is 0 Å². The van der Waals surface area contributed by atoms with Crippen LogP contribution in [0.25, 0.3) is 0 Å². The van der Waals surface area contributed by atoms with Gasteiger partial charge in [0.15, 0.2) is 0 Å². The molecular formula is C17H24ClNO2. The Kier molecular flexibility index (Phi) is 5.51. The van der Waals surface area contributed by atoms with Crippen LogP contribution in [-0.2, 0) is 0 Å². The van der Waals surface area contributed by atoms with Crippen molar-refractivity contribution in [1.82, 2.24) is 0 Å². The number of rotatable bonds is 4. The molecule has 0 aliphatic heterocycles. The molecule has 116 valence electrons. The van der Waals surface area contributed by atoms with E-state index in [1.54, 1.807) is 6.07 Å². The maximum absolute atomic E-state index is 11.4. The normalized spacial score (nSPS) is 16.5. The van der Waals surface area contributed by atoms with Gasteiger partial charge in [0.1, 0.15) is 0 Å². The number of benzene rings is 1. The van der Waals surface area contributed by atoms with E-state index < -0.39 is 5.97 Å². The molecule has 1 N–H and O–H groups in total. The second kappa shape index (κ2) is 7.17. The van der Waals surface area contributed by atoms with Crippen molar-refractivity contribution < 1.29 is 9.90 Å². The lowest BCUT2D eigenvalue weighted by molar-refractivity contribution is 0.0696. The van der Waals surface area contributed by atoms with Gasteiger partial charge in [-0.2, -0.15) is 0 Å². The van der Waals surface area contributed by atoms with Gasteiger partial charge in [-0.05, 0) is 44.4 Å². The summed E-state index contributed by atoms with van der Waals surface area (Å²) in [5.41, 5.74) is 2.11. The van der Waals surface area contributed by atoms with E-state index in [0.29, 0.717) is 16.6 Å². The van der Waals surface area contributed by atoms with Crippen LogP contribution in [-0.4, -0.2) is 23.7 Å². The Morgan fingerprint density at radius 2 is 1.90 bits per heavy atom. The highest BCUT2D eigenvalue weighted by atomic mass is 35.5. The molecule has 0 aromatic heterocycles. The summed E-state index contributed by atoms with van der Waals surface area (Å²) < 4.78 is 0. The van der Waals surface area contributed by atoms with Crippen molar-refractivity contribution in [1.29, 1.82) is 0 Å². The lowest BCUT2D eigenvalue weighted by atomic mass is 10.0. The summed E-state index contributed by atoms with van der Waals surface area (Å²) in [4.78, 5) is 13.7. The van der Waals surface area contributed by atoms with Crippen LogP contribution in [0.1, 0.15) is 61.4 Å². The molecule has 0 spiro atoms. The summed E-state index contributed by atoms with van der Waals surface area (Å²) in [6, 6.07) is 3.96. The van der Waals surface area contributed by atoms with Crippen molar-refractivity contribution in [2.24, 2.45) is 0 Å². The number of halogens is 1. The van der Waals surface area contributed by atoms with Gasteiger partial charge in [0.05, 0.1) is 5.56 Å². The van der Waals surface area contributed by atoms with Crippen LogP contribution in [0.5, 0.6) is 0 Å². The van der Waals surface area contributed by atoms with Crippen molar-refractivity contribution >= 4 is 23.3 Å². The fourth-order valence-electron chi connectivity index (χ4n) is 3.38. The molecule has 4 heteroatoms. The third-order valence-electron chi connectivity index (χ3n) is 4.49. The predicted molar refractivity (Wildman–Crippen MR) is 87.7 cm³/mol. The molecule has 1 aromatic rings. The standard InChI is InChI=1S/C17H24ClNO2/c1-3-19(14-8-6-4-5-7-9-14)16-11-13(18)10-15(12(16)2)17(20)21/h10-11,14H,3-9H2,1-2H3,(H,20,21). The number of anilines is 1. The van der Waals surface area contributed by atoms with Crippen LogP contribution in [0.2, 0.25) is 5.02 Å².